The molecule has 0 bridgehead atoms. The van der Waals surface area contributed by atoms with Crippen molar-refractivity contribution in [3.05, 3.63) is 18.2 Å². The molecule has 19 heavy (non-hydrogen) atoms. The summed E-state index contributed by atoms with van der Waals surface area (Å²) in [5.41, 5.74) is 5.66. The molecule has 1 aliphatic carbocycles. The lowest BCUT2D eigenvalue weighted by Gasteiger charge is -2.30. The van der Waals surface area contributed by atoms with Gasteiger partial charge in [-0.15, -0.1) is 0 Å². The highest BCUT2D eigenvalue weighted by Crippen LogP contribution is 2.28. The standard InChI is InChI=1S/C15H25N3O/c1-2-19-15-10-5-9-14(17-15)18(12-6-11-16)13-7-3-4-8-13/h5,9-10,13H,2-4,6-8,11-12,16H2,1H3. The maximum Gasteiger partial charge on any atom is 0.215 e. The molecule has 2 N–H and O–H groups in total. The highest BCUT2D eigenvalue weighted by molar-refractivity contribution is 5.42. The fraction of sp³-hybridized carbons (Fsp3) is 0.667. The summed E-state index contributed by atoms with van der Waals surface area (Å²) in [5.74, 6) is 1.75. The van der Waals surface area contributed by atoms with Crippen LogP contribution in [0.5, 0.6) is 5.88 Å². The zero-order valence-corrected chi connectivity index (χ0v) is 11.8. The maximum absolute atomic E-state index is 5.66. The summed E-state index contributed by atoms with van der Waals surface area (Å²) in [6, 6.07) is 6.65. The van der Waals surface area contributed by atoms with Crippen LogP contribution in [0, 0.1) is 0 Å². The van der Waals surface area contributed by atoms with E-state index in [9.17, 15) is 0 Å². The lowest BCUT2D eigenvalue weighted by atomic mass is 10.2. The van der Waals surface area contributed by atoms with Gasteiger partial charge in [-0.2, -0.15) is 4.98 Å². The summed E-state index contributed by atoms with van der Waals surface area (Å²) in [6.07, 6.45) is 6.21. The molecule has 0 radical (unpaired) electrons. The Morgan fingerprint density at radius 2 is 2.16 bits per heavy atom. The van der Waals surface area contributed by atoms with Crippen LogP contribution in [0.2, 0.25) is 0 Å². The number of hydrogen-bond donors (Lipinski definition) is 1. The molecular weight excluding hydrogens is 238 g/mol. The van der Waals surface area contributed by atoms with Gasteiger partial charge >= 0.3 is 0 Å². The van der Waals surface area contributed by atoms with Crippen LogP contribution in [0.4, 0.5) is 5.82 Å². The monoisotopic (exact) mass is 263 g/mol. The Bertz CT molecular complexity index is 377. The summed E-state index contributed by atoms with van der Waals surface area (Å²) < 4.78 is 5.50. The largest absolute Gasteiger partial charge is 0.478 e. The summed E-state index contributed by atoms with van der Waals surface area (Å²) >= 11 is 0. The van der Waals surface area contributed by atoms with Crippen molar-refractivity contribution in [2.75, 3.05) is 24.6 Å². The molecule has 0 aliphatic heterocycles. The molecule has 0 aromatic carbocycles. The van der Waals surface area contributed by atoms with E-state index in [0.717, 1.165) is 31.2 Å². The SMILES string of the molecule is CCOc1cccc(N(CCCN)C2CCCC2)n1. The van der Waals surface area contributed by atoms with Gasteiger partial charge in [0.05, 0.1) is 6.61 Å². The molecule has 1 saturated carbocycles. The Labute approximate surface area is 116 Å². The minimum Gasteiger partial charge on any atom is -0.478 e. The Morgan fingerprint density at radius 1 is 1.37 bits per heavy atom. The maximum atomic E-state index is 5.66. The first-order valence-electron chi connectivity index (χ1n) is 7.41. The molecule has 0 atom stereocenters. The number of anilines is 1. The molecule has 0 unspecified atom stereocenters. The van der Waals surface area contributed by atoms with Gasteiger partial charge < -0.3 is 15.4 Å². The van der Waals surface area contributed by atoms with Crippen molar-refractivity contribution in [2.45, 2.75) is 45.1 Å². The van der Waals surface area contributed by atoms with Crippen molar-refractivity contribution in [3.63, 3.8) is 0 Å². The second kappa shape index (κ2) is 7.34. The van der Waals surface area contributed by atoms with Crippen LogP contribution in [0.3, 0.4) is 0 Å². The lowest BCUT2D eigenvalue weighted by molar-refractivity contribution is 0.326. The van der Waals surface area contributed by atoms with Crippen LogP contribution in [0.1, 0.15) is 39.0 Å². The van der Waals surface area contributed by atoms with Crippen LogP contribution in [0.15, 0.2) is 18.2 Å². The predicted molar refractivity (Wildman–Crippen MR) is 78.7 cm³/mol. The van der Waals surface area contributed by atoms with Gasteiger partial charge in [0.15, 0.2) is 0 Å². The average Bonchev–Trinajstić information content (AvgIpc) is 2.94. The normalized spacial score (nSPS) is 15.7. The zero-order valence-electron chi connectivity index (χ0n) is 11.8. The molecule has 0 saturated heterocycles. The van der Waals surface area contributed by atoms with Crippen molar-refractivity contribution in [3.8, 4) is 5.88 Å². The second-order valence-corrected chi connectivity index (χ2v) is 5.04. The summed E-state index contributed by atoms with van der Waals surface area (Å²) in [4.78, 5) is 7.04. The van der Waals surface area contributed by atoms with Crippen LogP contribution < -0.4 is 15.4 Å². The van der Waals surface area contributed by atoms with E-state index in [0.29, 0.717) is 12.6 Å². The number of nitrogens with two attached hydrogens (primary N) is 1. The molecule has 1 aliphatic rings. The molecule has 4 heteroatoms. The van der Waals surface area contributed by atoms with E-state index >= 15 is 0 Å². The number of pyridine rings is 1. The minimum absolute atomic E-state index is 0.621. The smallest absolute Gasteiger partial charge is 0.215 e. The molecular formula is C15H25N3O. The van der Waals surface area contributed by atoms with Crippen LogP contribution in [0.25, 0.3) is 0 Å². The lowest BCUT2D eigenvalue weighted by Crippen LogP contribution is -2.35. The van der Waals surface area contributed by atoms with E-state index in [4.69, 9.17) is 10.5 Å². The Morgan fingerprint density at radius 3 is 2.84 bits per heavy atom. The molecule has 0 amide bonds. The van der Waals surface area contributed by atoms with Gasteiger partial charge in [0, 0.05) is 18.7 Å². The highest BCUT2D eigenvalue weighted by atomic mass is 16.5. The van der Waals surface area contributed by atoms with Gasteiger partial charge in [0.25, 0.3) is 0 Å². The quantitative estimate of drug-likeness (QED) is 0.821. The predicted octanol–water partition coefficient (Wildman–Crippen LogP) is 2.58. The topological polar surface area (TPSA) is 51.4 Å². The molecule has 4 nitrogen and oxygen atoms in total. The molecule has 0 spiro atoms. The Balaban J connectivity index is 2.13. The van der Waals surface area contributed by atoms with E-state index < -0.39 is 0 Å². The molecule has 1 fully saturated rings. The highest BCUT2D eigenvalue weighted by Gasteiger charge is 2.23. The van der Waals surface area contributed by atoms with Crippen LogP contribution in [-0.4, -0.2) is 30.7 Å². The van der Waals surface area contributed by atoms with Crippen LogP contribution in [-0.2, 0) is 0 Å². The van der Waals surface area contributed by atoms with Gasteiger partial charge in [-0.25, -0.2) is 0 Å². The van der Waals surface area contributed by atoms with Gasteiger partial charge in [-0.1, -0.05) is 18.9 Å². The number of nitrogens with zero attached hydrogens (tertiary/aromatic N) is 2. The van der Waals surface area contributed by atoms with Crippen molar-refractivity contribution < 1.29 is 4.74 Å². The average molecular weight is 263 g/mol. The summed E-state index contributed by atoms with van der Waals surface area (Å²) in [5, 5.41) is 0. The van der Waals surface area contributed by atoms with E-state index in [-0.39, 0.29) is 0 Å². The number of aromatic nitrogens is 1. The molecule has 1 aromatic rings. The molecule has 1 aromatic heterocycles. The Hall–Kier alpha value is -1.29. The minimum atomic E-state index is 0.621. The summed E-state index contributed by atoms with van der Waals surface area (Å²) in [7, 11) is 0. The third-order valence-electron chi connectivity index (χ3n) is 3.66. The zero-order chi connectivity index (χ0) is 13.5. The third-order valence-corrected chi connectivity index (χ3v) is 3.66. The number of rotatable bonds is 7. The molecule has 1 heterocycles. The van der Waals surface area contributed by atoms with Crippen molar-refractivity contribution in [2.24, 2.45) is 5.73 Å². The van der Waals surface area contributed by atoms with Gasteiger partial charge in [0.1, 0.15) is 5.82 Å². The first kappa shape index (κ1) is 14.1. The third kappa shape index (κ3) is 3.83. The number of hydrogen-bond acceptors (Lipinski definition) is 4. The van der Waals surface area contributed by atoms with Crippen molar-refractivity contribution in [1.29, 1.82) is 0 Å². The molecule has 2 rings (SSSR count). The van der Waals surface area contributed by atoms with Gasteiger partial charge in [-0.05, 0) is 38.8 Å². The van der Waals surface area contributed by atoms with E-state index in [1.807, 2.05) is 19.1 Å². The molecule has 106 valence electrons. The first-order valence-corrected chi connectivity index (χ1v) is 7.41. The fourth-order valence-corrected chi connectivity index (χ4v) is 2.75. The van der Waals surface area contributed by atoms with Crippen molar-refractivity contribution >= 4 is 5.82 Å². The number of ether oxygens (including phenoxy) is 1. The van der Waals surface area contributed by atoms with Crippen molar-refractivity contribution in [1.82, 2.24) is 4.98 Å². The second-order valence-electron chi connectivity index (χ2n) is 5.04. The van der Waals surface area contributed by atoms with Gasteiger partial charge in [0.2, 0.25) is 5.88 Å². The van der Waals surface area contributed by atoms with E-state index in [1.54, 1.807) is 0 Å². The fourth-order valence-electron chi connectivity index (χ4n) is 2.75. The van der Waals surface area contributed by atoms with E-state index in [1.165, 1.54) is 25.7 Å². The van der Waals surface area contributed by atoms with Gasteiger partial charge in [-0.3, -0.25) is 0 Å². The van der Waals surface area contributed by atoms with Crippen LogP contribution >= 0.6 is 0 Å². The summed E-state index contributed by atoms with van der Waals surface area (Å²) in [6.45, 7) is 4.36. The first-order chi connectivity index (χ1) is 9.35. The van der Waals surface area contributed by atoms with E-state index in [2.05, 4.69) is 16.0 Å². The Kier molecular flexibility index (Phi) is 5.45.